The van der Waals surface area contributed by atoms with Crippen LogP contribution in [0.15, 0.2) is 60.1 Å². The second-order valence-corrected chi connectivity index (χ2v) is 16.9. The Bertz CT molecular complexity index is 1190. The number of carbonyl (C=O) groups is 1. The molecule has 1 N–H and O–H groups in total. The topological polar surface area (TPSA) is 66.9 Å². The van der Waals surface area contributed by atoms with Crippen molar-refractivity contribution in [1.29, 1.82) is 0 Å². The largest absolute Gasteiger partial charge is 0.491 e. The standard InChI is InChI=1S/C29H39FN4O3SSi/c1-29(2,3)39(4,5)37-26(20-30)21-36-25-12-6-22(7-13-25)27(35)32-23-8-10-24(11-9-23)33-15-17-34(18-16-33)28-31-14-19-38-28/h6-14,19,26H,15-18,20-21H2,1-5H3,(H,32,35)/t26-/m0/s1. The van der Waals surface area contributed by atoms with Crippen molar-refractivity contribution in [3.05, 3.63) is 65.7 Å². The highest BCUT2D eigenvalue weighted by atomic mass is 32.1. The number of hydrogen-bond donors (Lipinski definition) is 1. The Morgan fingerprint density at radius 3 is 2.26 bits per heavy atom. The second kappa shape index (κ2) is 12.5. The van der Waals surface area contributed by atoms with E-state index in [2.05, 4.69) is 54.0 Å². The maximum atomic E-state index is 13.6. The molecule has 0 spiro atoms. The molecule has 39 heavy (non-hydrogen) atoms. The Morgan fingerprint density at radius 2 is 1.69 bits per heavy atom. The number of hydrogen-bond acceptors (Lipinski definition) is 7. The van der Waals surface area contributed by atoms with Crippen LogP contribution in [0, 0.1) is 0 Å². The van der Waals surface area contributed by atoms with Crippen LogP contribution < -0.4 is 19.9 Å². The number of thiazole rings is 1. The molecule has 0 saturated carbocycles. The van der Waals surface area contributed by atoms with Crippen LogP contribution in [-0.2, 0) is 4.43 Å². The van der Waals surface area contributed by atoms with Crippen LogP contribution in [0.1, 0.15) is 31.1 Å². The Hall–Kier alpha value is -2.95. The van der Waals surface area contributed by atoms with E-state index in [9.17, 15) is 9.18 Å². The molecule has 4 rings (SSSR count). The van der Waals surface area contributed by atoms with E-state index < -0.39 is 21.1 Å². The van der Waals surface area contributed by atoms with Crippen molar-refractivity contribution in [1.82, 2.24) is 4.98 Å². The second-order valence-electron chi connectivity index (χ2n) is 11.3. The molecule has 7 nitrogen and oxygen atoms in total. The molecule has 0 bridgehead atoms. The highest BCUT2D eigenvalue weighted by Crippen LogP contribution is 2.37. The van der Waals surface area contributed by atoms with Crippen molar-refractivity contribution in [3.63, 3.8) is 0 Å². The maximum Gasteiger partial charge on any atom is 0.255 e. The lowest BCUT2D eigenvalue weighted by molar-refractivity contribution is 0.0919. The molecule has 3 aromatic rings. The van der Waals surface area contributed by atoms with Gasteiger partial charge in [-0.3, -0.25) is 4.79 Å². The van der Waals surface area contributed by atoms with Crippen LogP contribution in [0.2, 0.25) is 18.1 Å². The van der Waals surface area contributed by atoms with Gasteiger partial charge in [0.1, 0.15) is 25.1 Å². The number of aromatic nitrogens is 1. The van der Waals surface area contributed by atoms with Gasteiger partial charge >= 0.3 is 0 Å². The zero-order valence-electron chi connectivity index (χ0n) is 23.4. The summed E-state index contributed by atoms with van der Waals surface area (Å²) in [6.45, 7) is 13.8. The summed E-state index contributed by atoms with van der Waals surface area (Å²) in [5, 5.41) is 6.03. The van der Waals surface area contributed by atoms with E-state index in [0.29, 0.717) is 11.3 Å². The predicted octanol–water partition coefficient (Wildman–Crippen LogP) is 6.46. The summed E-state index contributed by atoms with van der Waals surface area (Å²) in [5.41, 5.74) is 2.39. The van der Waals surface area contributed by atoms with Crippen LogP contribution >= 0.6 is 11.3 Å². The van der Waals surface area contributed by atoms with Crippen LogP contribution in [0.25, 0.3) is 0 Å². The summed E-state index contributed by atoms with van der Waals surface area (Å²) in [5.74, 6) is 0.373. The Labute approximate surface area is 236 Å². The number of ether oxygens (including phenoxy) is 1. The van der Waals surface area contributed by atoms with Gasteiger partial charge in [-0.2, -0.15) is 0 Å². The number of amides is 1. The molecule has 1 atom stereocenters. The summed E-state index contributed by atoms with van der Waals surface area (Å²) in [4.78, 5) is 21.9. The van der Waals surface area contributed by atoms with E-state index in [1.165, 1.54) is 0 Å². The molecule has 1 aromatic heterocycles. The van der Waals surface area contributed by atoms with Gasteiger partial charge < -0.3 is 24.3 Å². The maximum absolute atomic E-state index is 13.6. The van der Waals surface area contributed by atoms with Gasteiger partial charge in [0.25, 0.3) is 5.91 Å². The minimum atomic E-state index is -2.09. The number of rotatable bonds is 10. The summed E-state index contributed by atoms with van der Waals surface area (Å²) < 4.78 is 25.5. The third-order valence-corrected chi connectivity index (χ3v) is 12.8. The Morgan fingerprint density at radius 1 is 1.05 bits per heavy atom. The van der Waals surface area contributed by atoms with Gasteiger partial charge in [0.15, 0.2) is 13.4 Å². The highest BCUT2D eigenvalue weighted by molar-refractivity contribution is 7.13. The molecule has 1 saturated heterocycles. The van der Waals surface area contributed by atoms with Crippen molar-refractivity contribution < 1.29 is 18.3 Å². The van der Waals surface area contributed by atoms with Crippen molar-refractivity contribution in [2.45, 2.75) is 45.0 Å². The third kappa shape index (κ3) is 7.58. The lowest BCUT2D eigenvalue weighted by Gasteiger charge is -2.38. The Balaban J connectivity index is 1.25. The third-order valence-electron chi connectivity index (χ3n) is 7.45. The van der Waals surface area contributed by atoms with Crippen LogP contribution in [0.3, 0.4) is 0 Å². The summed E-state index contributed by atoms with van der Waals surface area (Å²) in [7, 11) is -2.09. The van der Waals surface area contributed by atoms with Gasteiger partial charge in [0, 0.05) is 54.7 Å². The van der Waals surface area contributed by atoms with Gasteiger partial charge in [0.2, 0.25) is 0 Å². The normalized spacial score (nSPS) is 15.2. The first-order chi connectivity index (χ1) is 18.6. The van der Waals surface area contributed by atoms with Crippen molar-refractivity contribution in [3.8, 4) is 5.75 Å². The van der Waals surface area contributed by atoms with Crippen LogP contribution in [0.4, 0.5) is 20.9 Å². The van der Waals surface area contributed by atoms with E-state index in [-0.39, 0.29) is 17.6 Å². The number of piperazine rings is 1. The zero-order valence-corrected chi connectivity index (χ0v) is 25.3. The van der Waals surface area contributed by atoms with Crippen LogP contribution in [-0.4, -0.2) is 64.8 Å². The first-order valence-corrected chi connectivity index (χ1v) is 17.1. The quantitative estimate of drug-likeness (QED) is 0.282. The smallest absolute Gasteiger partial charge is 0.255 e. The highest BCUT2D eigenvalue weighted by Gasteiger charge is 2.39. The SMILES string of the molecule is CC(C)(C)[Si](C)(C)O[C@@H](CF)COc1ccc(C(=O)Nc2ccc(N3CCN(c4nccs4)CC3)cc2)cc1. The summed E-state index contributed by atoms with van der Waals surface area (Å²) in [6.07, 6.45) is 1.23. The van der Waals surface area contributed by atoms with E-state index in [0.717, 1.165) is 42.7 Å². The lowest BCUT2D eigenvalue weighted by Crippen LogP contribution is -2.46. The molecule has 0 unspecified atom stereocenters. The van der Waals surface area contributed by atoms with Gasteiger partial charge in [-0.25, -0.2) is 9.37 Å². The average Bonchev–Trinajstić information content (AvgIpc) is 3.46. The molecule has 1 amide bonds. The molecular weight excluding hydrogens is 531 g/mol. The van der Waals surface area contributed by atoms with Gasteiger partial charge in [0.05, 0.1) is 0 Å². The molecule has 2 heterocycles. The number of alkyl halides is 1. The summed E-state index contributed by atoms with van der Waals surface area (Å²) in [6, 6.07) is 14.8. The minimum absolute atomic E-state index is 0.00658. The van der Waals surface area contributed by atoms with Gasteiger partial charge in [-0.15, -0.1) is 11.3 Å². The number of halogens is 1. The predicted molar refractivity (Wildman–Crippen MR) is 161 cm³/mol. The first kappa shape index (κ1) is 29.0. The van der Waals surface area contributed by atoms with Crippen LogP contribution in [0.5, 0.6) is 5.75 Å². The number of benzene rings is 2. The average molecular weight is 571 g/mol. The number of nitrogens with one attached hydrogen (secondary N) is 1. The monoisotopic (exact) mass is 570 g/mol. The molecule has 1 fully saturated rings. The van der Waals surface area contributed by atoms with E-state index >= 15 is 0 Å². The lowest BCUT2D eigenvalue weighted by atomic mass is 10.2. The first-order valence-electron chi connectivity index (χ1n) is 13.3. The van der Waals surface area contributed by atoms with Crippen molar-refractivity contribution >= 4 is 42.1 Å². The Kier molecular flexibility index (Phi) is 9.30. The molecule has 1 aliphatic rings. The molecule has 2 aromatic carbocycles. The fraction of sp³-hybridized carbons (Fsp3) is 0.448. The number of carbonyl (C=O) groups excluding carboxylic acids is 1. The molecular formula is C29H39FN4O3SSi. The molecule has 0 radical (unpaired) electrons. The number of anilines is 3. The number of nitrogens with zero attached hydrogens (tertiary/aromatic N) is 3. The fourth-order valence-electron chi connectivity index (χ4n) is 4.08. The minimum Gasteiger partial charge on any atom is -0.491 e. The van der Waals surface area contributed by atoms with Crippen molar-refractivity contribution in [2.24, 2.45) is 0 Å². The molecule has 10 heteroatoms. The van der Waals surface area contributed by atoms with E-state index in [4.69, 9.17) is 9.16 Å². The summed E-state index contributed by atoms with van der Waals surface area (Å²) >= 11 is 1.67. The zero-order chi connectivity index (χ0) is 28.0. The molecule has 0 aliphatic carbocycles. The van der Waals surface area contributed by atoms with Gasteiger partial charge in [-0.1, -0.05) is 20.8 Å². The van der Waals surface area contributed by atoms with Gasteiger partial charge in [-0.05, 0) is 66.7 Å². The van der Waals surface area contributed by atoms with E-state index in [1.54, 1.807) is 35.6 Å². The molecule has 210 valence electrons. The van der Waals surface area contributed by atoms with Crippen molar-refractivity contribution in [2.75, 3.05) is 54.6 Å². The fourth-order valence-corrected chi connectivity index (χ4v) is 6.10. The van der Waals surface area contributed by atoms with E-state index in [1.807, 2.05) is 35.8 Å². The molecule has 1 aliphatic heterocycles.